The number of fused-ring (bicyclic) bond motifs is 1. The third-order valence-corrected chi connectivity index (χ3v) is 4.30. The second-order valence-electron chi connectivity index (χ2n) is 7.28. The van der Waals surface area contributed by atoms with Crippen molar-refractivity contribution in [3.8, 4) is 0 Å². The first-order chi connectivity index (χ1) is 12.5. The molecular weight excluding hydrogens is 376 g/mol. The fourth-order valence-electron chi connectivity index (χ4n) is 2.56. The van der Waals surface area contributed by atoms with E-state index < -0.39 is 16.6 Å². The number of ether oxygens (including phenoxy) is 1. The van der Waals surface area contributed by atoms with E-state index in [1.165, 1.54) is 6.07 Å². The summed E-state index contributed by atoms with van der Waals surface area (Å²) in [5, 5.41) is 11.0. The topological polar surface area (TPSA) is 115 Å². The second kappa shape index (κ2) is 6.76. The van der Waals surface area contributed by atoms with Crippen molar-refractivity contribution in [1.29, 1.82) is 0 Å². The minimum Gasteiger partial charge on any atom is -0.444 e. The third-order valence-electron chi connectivity index (χ3n) is 4.05. The summed E-state index contributed by atoms with van der Waals surface area (Å²) in [6, 6.07) is 1.23. The van der Waals surface area contributed by atoms with Gasteiger partial charge in [0.25, 0.3) is 5.69 Å². The lowest BCUT2D eigenvalue weighted by molar-refractivity contribution is -0.385. The first-order valence-corrected chi connectivity index (χ1v) is 8.61. The highest BCUT2D eigenvalue weighted by molar-refractivity contribution is 6.32. The number of amides is 1. The molecule has 1 amide bonds. The van der Waals surface area contributed by atoms with Crippen molar-refractivity contribution in [2.24, 2.45) is 0 Å². The molecule has 0 bridgehead atoms. The molecule has 0 atom stereocenters. The molecule has 0 spiro atoms. The van der Waals surface area contributed by atoms with E-state index in [0.717, 1.165) is 6.20 Å². The molecule has 1 aliphatic rings. The molecule has 2 aromatic heterocycles. The maximum absolute atomic E-state index is 12.1. The predicted octanol–water partition coefficient (Wildman–Crippen LogP) is 2.64. The number of aromatic nitrogens is 3. The van der Waals surface area contributed by atoms with Crippen molar-refractivity contribution >= 4 is 40.4 Å². The van der Waals surface area contributed by atoms with E-state index in [0.29, 0.717) is 18.9 Å². The average molecular weight is 395 g/mol. The molecule has 0 N–H and O–H groups in total. The summed E-state index contributed by atoms with van der Waals surface area (Å²) in [5.41, 5.74) is -0.218. The Labute approximate surface area is 160 Å². The van der Waals surface area contributed by atoms with Gasteiger partial charge in [0, 0.05) is 26.2 Å². The van der Waals surface area contributed by atoms with Gasteiger partial charge in [0.1, 0.15) is 17.3 Å². The fraction of sp³-hybridized carbons (Fsp3) is 0.500. The van der Waals surface area contributed by atoms with E-state index in [4.69, 9.17) is 16.3 Å². The molecule has 11 heteroatoms. The Hall–Kier alpha value is -2.75. The van der Waals surface area contributed by atoms with Gasteiger partial charge in [-0.1, -0.05) is 11.6 Å². The highest BCUT2D eigenvalue weighted by atomic mass is 35.5. The highest BCUT2D eigenvalue weighted by Gasteiger charge is 2.36. The van der Waals surface area contributed by atoms with Crippen LogP contribution in [0.4, 0.5) is 16.3 Å². The van der Waals surface area contributed by atoms with Crippen LogP contribution in [0.5, 0.6) is 0 Å². The number of carbonyl (C=O) groups excluding carboxylic acids is 1. The standard InChI is InChI=1S/C16H19ClN6O4/c1-16(2,3)27-15(24)21(4)10-7-22(8-10)14-12(17)19-11-5-9(23(25)26)6-18-13(11)20-14/h5-6,10H,7-8H2,1-4H3. The largest absolute Gasteiger partial charge is 0.444 e. The normalized spacial score (nSPS) is 14.8. The van der Waals surface area contributed by atoms with Gasteiger partial charge in [-0.15, -0.1) is 0 Å². The van der Waals surface area contributed by atoms with Crippen LogP contribution in [0, 0.1) is 10.1 Å². The van der Waals surface area contributed by atoms with Gasteiger partial charge in [-0.25, -0.2) is 19.7 Å². The summed E-state index contributed by atoms with van der Waals surface area (Å²) in [7, 11) is 1.68. The molecule has 3 heterocycles. The summed E-state index contributed by atoms with van der Waals surface area (Å²) in [6.45, 7) is 6.47. The van der Waals surface area contributed by atoms with Crippen LogP contribution in [0.25, 0.3) is 11.2 Å². The molecule has 0 aliphatic carbocycles. The van der Waals surface area contributed by atoms with Crippen molar-refractivity contribution < 1.29 is 14.5 Å². The van der Waals surface area contributed by atoms with Crippen LogP contribution in [0.2, 0.25) is 5.15 Å². The van der Waals surface area contributed by atoms with Crippen LogP contribution in [-0.4, -0.2) is 62.6 Å². The van der Waals surface area contributed by atoms with E-state index in [1.54, 1.807) is 11.9 Å². The molecule has 144 valence electrons. The fourth-order valence-corrected chi connectivity index (χ4v) is 2.82. The van der Waals surface area contributed by atoms with Gasteiger partial charge in [-0.05, 0) is 20.8 Å². The molecule has 1 saturated heterocycles. The molecular formula is C16H19ClN6O4. The quantitative estimate of drug-likeness (QED) is 0.576. The minimum atomic E-state index is -0.559. The van der Waals surface area contributed by atoms with Crippen molar-refractivity contribution in [2.45, 2.75) is 32.4 Å². The minimum absolute atomic E-state index is 0.0433. The van der Waals surface area contributed by atoms with Gasteiger partial charge in [0.2, 0.25) is 0 Å². The third kappa shape index (κ3) is 4.00. The second-order valence-corrected chi connectivity index (χ2v) is 7.64. The van der Waals surface area contributed by atoms with Crippen LogP contribution >= 0.6 is 11.6 Å². The average Bonchev–Trinajstić information content (AvgIpc) is 2.51. The van der Waals surface area contributed by atoms with E-state index in [1.807, 2.05) is 25.7 Å². The van der Waals surface area contributed by atoms with Gasteiger partial charge in [-0.2, -0.15) is 0 Å². The monoisotopic (exact) mass is 394 g/mol. The van der Waals surface area contributed by atoms with E-state index in [9.17, 15) is 14.9 Å². The predicted molar refractivity (Wildman–Crippen MR) is 99.0 cm³/mol. The van der Waals surface area contributed by atoms with Gasteiger partial charge >= 0.3 is 6.09 Å². The molecule has 0 aromatic carbocycles. The smallest absolute Gasteiger partial charge is 0.410 e. The molecule has 1 aliphatic heterocycles. The Balaban J connectivity index is 1.72. The number of anilines is 1. The summed E-state index contributed by atoms with van der Waals surface area (Å²) in [5.74, 6) is 0.430. The van der Waals surface area contributed by atoms with Crippen LogP contribution in [0.3, 0.4) is 0 Å². The lowest BCUT2D eigenvalue weighted by Gasteiger charge is -2.44. The molecule has 0 unspecified atom stereocenters. The number of rotatable bonds is 3. The Bertz CT molecular complexity index is 910. The molecule has 1 fully saturated rings. The van der Waals surface area contributed by atoms with Crippen LogP contribution in [0.15, 0.2) is 12.3 Å². The van der Waals surface area contributed by atoms with Gasteiger partial charge in [-0.3, -0.25) is 10.1 Å². The Morgan fingerprint density at radius 1 is 1.41 bits per heavy atom. The van der Waals surface area contributed by atoms with Crippen molar-refractivity contribution in [1.82, 2.24) is 19.9 Å². The highest BCUT2D eigenvalue weighted by Crippen LogP contribution is 2.30. The lowest BCUT2D eigenvalue weighted by Crippen LogP contribution is -2.60. The van der Waals surface area contributed by atoms with Gasteiger partial charge in [0.15, 0.2) is 16.6 Å². The van der Waals surface area contributed by atoms with E-state index in [2.05, 4.69) is 15.0 Å². The zero-order valence-corrected chi connectivity index (χ0v) is 16.1. The summed E-state index contributed by atoms with van der Waals surface area (Å²) < 4.78 is 5.36. The SMILES string of the molecule is CN(C(=O)OC(C)(C)C)C1CN(c2nc3ncc([N+](=O)[O-])cc3nc2Cl)C1. The zero-order valence-electron chi connectivity index (χ0n) is 15.3. The summed E-state index contributed by atoms with van der Waals surface area (Å²) >= 11 is 6.20. The number of halogens is 1. The Kier molecular flexibility index (Phi) is 4.77. The maximum Gasteiger partial charge on any atom is 0.410 e. The molecule has 0 radical (unpaired) electrons. The Morgan fingerprint density at radius 2 is 2.07 bits per heavy atom. The van der Waals surface area contributed by atoms with Gasteiger partial charge < -0.3 is 14.5 Å². The first kappa shape index (κ1) is 19.0. The van der Waals surface area contributed by atoms with Crippen molar-refractivity contribution in [3.63, 3.8) is 0 Å². The van der Waals surface area contributed by atoms with Crippen molar-refractivity contribution in [2.75, 3.05) is 25.0 Å². The van der Waals surface area contributed by atoms with Gasteiger partial charge in [0.05, 0.1) is 11.0 Å². The Morgan fingerprint density at radius 3 is 2.67 bits per heavy atom. The lowest BCUT2D eigenvalue weighted by atomic mass is 10.1. The first-order valence-electron chi connectivity index (χ1n) is 8.23. The van der Waals surface area contributed by atoms with E-state index in [-0.39, 0.29) is 28.0 Å². The molecule has 2 aromatic rings. The number of nitrogens with zero attached hydrogens (tertiary/aromatic N) is 6. The van der Waals surface area contributed by atoms with Crippen LogP contribution in [-0.2, 0) is 4.74 Å². The summed E-state index contributed by atoms with van der Waals surface area (Å²) in [4.78, 5) is 38.3. The molecule has 10 nitrogen and oxygen atoms in total. The zero-order chi connectivity index (χ0) is 19.9. The van der Waals surface area contributed by atoms with Crippen LogP contribution < -0.4 is 4.90 Å². The number of hydrogen-bond donors (Lipinski definition) is 0. The van der Waals surface area contributed by atoms with E-state index >= 15 is 0 Å². The molecule has 3 rings (SSSR count). The number of nitro groups is 1. The maximum atomic E-state index is 12.1. The number of pyridine rings is 1. The van der Waals surface area contributed by atoms with Crippen LogP contribution in [0.1, 0.15) is 20.8 Å². The van der Waals surface area contributed by atoms with Crippen molar-refractivity contribution in [3.05, 3.63) is 27.5 Å². The number of likely N-dealkylation sites (N-methyl/N-ethyl adjacent to an activating group) is 1. The number of hydrogen-bond acceptors (Lipinski definition) is 8. The summed E-state index contributed by atoms with van der Waals surface area (Å²) in [6.07, 6.45) is 0.737. The number of carbonyl (C=O) groups is 1. The molecule has 0 saturated carbocycles. The molecule has 27 heavy (non-hydrogen) atoms.